The van der Waals surface area contributed by atoms with E-state index in [0.29, 0.717) is 16.7 Å². The zero-order valence-electron chi connectivity index (χ0n) is 14.4. The van der Waals surface area contributed by atoms with Gasteiger partial charge in [0.25, 0.3) is 0 Å². The molecule has 21 heavy (non-hydrogen) atoms. The lowest BCUT2D eigenvalue weighted by atomic mass is 9.95. The third-order valence-electron chi connectivity index (χ3n) is 5.66. The minimum Gasteiger partial charge on any atom is -0.497 e. The van der Waals surface area contributed by atoms with E-state index in [4.69, 9.17) is 9.47 Å². The quantitative estimate of drug-likeness (QED) is 0.858. The van der Waals surface area contributed by atoms with E-state index in [0.717, 1.165) is 18.0 Å². The number of hydrogen-bond acceptors (Lipinski definition) is 3. The summed E-state index contributed by atoms with van der Waals surface area (Å²) >= 11 is 0. The molecule has 1 aromatic rings. The first kappa shape index (κ1) is 16.2. The second-order valence-corrected chi connectivity index (χ2v) is 7.06. The van der Waals surface area contributed by atoms with Crippen LogP contribution in [0.1, 0.15) is 46.2 Å². The minimum absolute atomic E-state index is 0.282. The molecule has 0 aromatic heterocycles. The van der Waals surface area contributed by atoms with Gasteiger partial charge in [-0.15, -0.1) is 0 Å². The lowest BCUT2D eigenvalue weighted by Crippen LogP contribution is -2.25. The summed E-state index contributed by atoms with van der Waals surface area (Å²) in [7, 11) is 3.44. The Bertz CT molecular complexity index is 494. The van der Waals surface area contributed by atoms with Gasteiger partial charge in [0.2, 0.25) is 0 Å². The SMILES string of the molecule is CCNC(c1cc(OC)ccc1OC)C1C(C)(C)C1(C)C. The van der Waals surface area contributed by atoms with Crippen LogP contribution >= 0.6 is 0 Å². The van der Waals surface area contributed by atoms with Crippen molar-refractivity contribution < 1.29 is 9.47 Å². The highest BCUT2D eigenvalue weighted by Crippen LogP contribution is 2.72. The van der Waals surface area contributed by atoms with Crippen LogP contribution in [0.4, 0.5) is 0 Å². The maximum atomic E-state index is 5.59. The molecule has 0 bridgehead atoms. The molecule has 0 aliphatic heterocycles. The predicted octanol–water partition coefficient (Wildman–Crippen LogP) is 4.04. The monoisotopic (exact) mass is 291 g/mol. The predicted molar refractivity (Wildman–Crippen MR) is 87.0 cm³/mol. The van der Waals surface area contributed by atoms with Crippen LogP contribution < -0.4 is 14.8 Å². The lowest BCUT2D eigenvalue weighted by Gasteiger charge is -2.23. The van der Waals surface area contributed by atoms with E-state index in [1.54, 1.807) is 14.2 Å². The van der Waals surface area contributed by atoms with Crippen molar-refractivity contribution in [1.29, 1.82) is 0 Å². The summed E-state index contributed by atoms with van der Waals surface area (Å²) in [5.41, 5.74) is 1.82. The number of hydrogen-bond donors (Lipinski definition) is 1. The molecule has 1 N–H and O–H groups in total. The van der Waals surface area contributed by atoms with E-state index in [1.165, 1.54) is 5.56 Å². The molecule has 3 nitrogen and oxygen atoms in total. The van der Waals surface area contributed by atoms with Crippen LogP contribution in [-0.2, 0) is 0 Å². The number of nitrogens with one attached hydrogen (secondary N) is 1. The van der Waals surface area contributed by atoms with Crippen LogP contribution in [0, 0.1) is 16.7 Å². The van der Waals surface area contributed by atoms with Gasteiger partial charge in [0.05, 0.1) is 14.2 Å². The van der Waals surface area contributed by atoms with Gasteiger partial charge in [-0.1, -0.05) is 34.6 Å². The topological polar surface area (TPSA) is 30.5 Å². The van der Waals surface area contributed by atoms with Crippen molar-refractivity contribution in [2.24, 2.45) is 16.7 Å². The van der Waals surface area contributed by atoms with E-state index in [9.17, 15) is 0 Å². The fourth-order valence-corrected chi connectivity index (χ4v) is 3.79. The highest BCUT2D eigenvalue weighted by Gasteiger charge is 2.67. The van der Waals surface area contributed by atoms with Gasteiger partial charge < -0.3 is 14.8 Å². The summed E-state index contributed by atoms with van der Waals surface area (Å²) in [5.74, 6) is 2.39. The Morgan fingerprint density at radius 2 is 1.71 bits per heavy atom. The molecule has 118 valence electrons. The van der Waals surface area contributed by atoms with Crippen molar-refractivity contribution in [3.63, 3.8) is 0 Å². The Labute approximate surface area is 129 Å². The van der Waals surface area contributed by atoms with Crippen LogP contribution in [0.2, 0.25) is 0 Å². The normalized spacial score (nSPS) is 20.9. The fraction of sp³-hybridized carbons (Fsp3) is 0.667. The molecule has 0 saturated heterocycles. The molecule has 0 amide bonds. The number of methoxy groups -OCH3 is 2. The van der Waals surface area contributed by atoms with Crippen molar-refractivity contribution in [1.82, 2.24) is 5.32 Å². The van der Waals surface area contributed by atoms with Crippen LogP contribution in [0.5, 0.6) is 11.5 Å². The van der Waals surface area contributed by atoms with Crippen molar-refractivity contribution >= 4 is 0 Å². The smallest absolute Gasteiger partial charge is 0.123 e. The van der Waals surface area contributed by atoms with Gasteiger partial charge in [-0.25, -0.2) is 0 Å². The lowest BCUT2D eigenvalue weighted by molar-refractivity contribution is 0.367. The van der Waals surface area contributed by atoms with E-state index < -0.39 is 0 Å². The molecule has 0 radical (unpaired) electrons. The summed E-state index contributed by atoms with van der Waals surface area (Å²) in [6.45, 7) is 12.5. The standard InChI is InChI=1S/C18H29NO2/c1-8-19-15(16-17(2,3)18(16,4)5)13-11-12(20-6)9-10-14(13)21-7/h9-11,15-16,19H,8H2,1-7H3. The van der Waals surface area contributed by atoms with E-state index >= 15 is 0 Å². The van der Waals surface area contributed by atoms with Crippen LogP contribution in [0.25, 0.3) is 0 Å². The molecule has 2 rings (SSSR count). The van der Waals surface area contributed by atoms with Gasteiger partial charge >= 0.3 is 0 Å². The van der Waals surface area contributed by atoms with E-state index in [1.807, 2.05) is 12.1 Å². The van der Waals surface area contributed by atoms with Crippen molar-refractivity contribution in [3.05, 3.63) is 23.8 Å². The molecule has 1 aromatic carbocycles. The van der Waals surface area contributed by atoms with Crippen LogP contribution in [0.3, 0.4) is 0 Å². The van der Waals surface area contributed by atoms with E-state index in [2.05, 4.69) is 46.0 Å². The van der Waals surface area contributed by atoms with Gasteiger partial charge in [0.15, 0.2) is 0 Å². The Morgan fingerprint density at radius 3 is 2.14 bits per heavy atom. The Morgan fingerprint density at radius 1 is 1.10 bits per heavy atom. The summed E-state index contributed by atoms with van der Waals surface area (Å²) in [5, 5.41) is 3.66. The summed E-state index contributed by atoms with van der Waals surface area (Å²) in [6.07, 6.45) is 0. The summed E-state index contributed by atoms with van der Waals surface area (Å²) < 4.78 is 11.0. The fourth-order valence-electron chi connectivity index (χ4n) is 3.79. The zero-order valence-corrected chi connectivity index (χ0v) is 14.4. The van der Waals surface area contributed by atoms with Crippen LogP contribution in [-0.4, -0.2) is 20.8 Å². The molecular formula is C18H29NO2. The largest absolute Gasteiger partial charge is 0.497 e. The van der Waals surface area contributed by atoms with Gasteiger partial charge in [-0.2, -0.15) is 0 Å². The van der Waals surface area contributed by atoms with E-state index in [-0.39, 0.29) is 6.04 Å². The van der Waals surface area contributed by atoms with Gasteiger partial charge in [-0.05, 0) is 41.5 Å². The third kappa shape index (κ3) is 2.52. The Balaban J connectivity index is 2.44. The summed E-state index contributed by atoms with van der Waals surface area (Å²) in [4.78, 5) is 0. The first-order valence-corrected chi connectivity index (χ1v) is 7.76. The molecule has 0 spiro atoms. The average Bonchev–Trinajstić information content (AvgIpc) is 2.85. The van der Waals surface area contributed by atoms with Gasteiger partial charge in [0.1, 0.15) is 11.5 Å². The molecule has 1 fully saturated rings. The molecule has 3 heteroatoms. The van der Waals surface area contributed by atoms with Crippen LogP contribution in [0.15, 0.2) is 18.2 Å². The summed E-state index contributed by atoms with van der Waals surface area (Å²) in [6, 6.07) is 6.34. The molecular weight excluding hydrogens is 262 g/mol. The highest BCUT2D eigenvalue weighted by molar-refractivity contribution is 5.44. The molecule has 1 aliphatic carbocycles. The average molecular weight is 291 g/mol. The Hall–Kier alpha value is -1.22. The number of rotatable bonds is 6. The highest BCUT2D eigenvalue weighted by atomic mass is 16.5. The minimum atomic E-state index is 0.282. The van der Waals surface area contributed by atoms with Crippen molar-refractivity contribution in [2.45, 2.75) is 40.7 Å². The molecule has 1 saturated carbocycles. The molecule has 1 aliphatic rings. The first-order valence-electron chi connectivity index (χ1n) is 7.76. The molecule has 1 atom stereocenters. The molecule has 0 heterocycles. The maximum Gasteiger partial charge on any atom is 0.123 e. The van der Waals surface area contributed by atoms with Gasteiger partial charge in [-0.3, -0.25) is 0 Å². The number of benzene rings is 1. The second kappa shape index (κ2) is 5.53. The third-order valence-corrected chi connectivity index (χ3v) is 5.66. The second-order valence-electron chi connectivity index (χ2n) is 7.06. The zero-order chi connectivity index (χ0) is 15.8. The Kier molecular flexibility index (Phi) is 4.25. The van der Waals surface area contributed by atoms with Crippen molar-refractivity contribution in [2.75, 3.05) is 20.8 Å². The number of ether oxygens (including phenoxy) is 2. The first-order chi connectivity index (χ1) is 9.81. The van der Waals surface area contributed by atoms with Gasteiger partial charge in [0, 0.05) is 11.6 Å². The maximum absolute atomic E-state index is 5.59. The van der Waals surface area contributed by atoms with Crippen molar-refractivity contribution in [3.8, 4) is 11.5 Å². The molecule has 1 unspecified atom stereocenters.